The summed E-state index contributed by atoms with van der Waals surface area (Å²) in [6.07, 6.45) is 8.04. The molecule has 0 aromatic heterocycles. The summed E-state index contributed by atoms with van der Waals surface area (Å²) >= 11 is 0. The molecule has 0 saturated carbocycles. The Labute approximate surface area is 168 Å². The number of carbonyl (C=O) groups is 3. The number of amides is 2. The van der Waals surface area contributed by atoms with Crippen molar-refractivity contribution in [1.29, 1.82) is 0 Å². The van der Waals surface area contributed by atoms with Crippen LogP contribution in [0.1, 0.15) is 76.3 Å². The summed E-state index contributed by atoms with van der Waals surface area (Å²) in [5.74, 6) is -2.35. The van der Waals surface area contributed by atoms with Crippen molar-refractivity contribution in [2.45, 2.75) is 70.8 Å². The molecule has 0 spiro atoms. The average Bonchev–Trinajstić information content (AvgIpc) is 2.70. The molecule has 0 aliphatic carbocycles. The number of rotatable bonds is 14. The number of carbonyl (C=O) groups excluding carboxylic acids is 2. The van der Waals surface area contributed by atoms with Crippen LogP contribution in [0.5, 0.6) is 0 Å². The topological polar surface area (TPSA) is 95.5 Å². The van der Waals surface area contributed by atoms with Gasteiger partial charge in [-0.15, -0.1) is 0 Å². The Kier molecular flexibility index (Phi) is 11.6. The number of hydrogen-bond donors (Lipinski definition) is 3. The summed E-state index contributed by atoms with van der Waals surface area (Å²) in [5, 5.41) is 14.5. The molecule has 0 aliphatic rings. The van der Waals surface area contributed by atoms with Crippen molar-refractivity contribution in [2.75, 3.05) is 7.05 Å². The van der Waals surface area contributed by atoms with E-state index in [1.54, 1.807) is 24.3 Å². The van der Waals surface area contributed by atoms with Gasteiger partial charge >= 0.3 is 5.97 Å². The molecular formula is C22H34N2O4. The van der Waals surface area contributed by atoms with Crippen molar-refractivity contribution in [1.82, 2.24) is 10.6 Å². The molecule has 2 atom stereocenters. The number of benzene rings is 1. The molecule has 6 heteroatoms. The van der Waals surface area contributed by atoms with Crippen molar-refractivity contribution >= 4 is 17.8 Å². The van der Waals surface area contributed by atoms with E-state index in [4.69, 9.17) is 0 Å². The Morgan fingerprint density at radius 1 is 0.929 bits per heavy atom. The van der Waals surface area contributed by atoms with E-state index in [9.17, 15) is 19.5 Å². The predicted octanol–water partition coefficient (Wildman–Crippen LogP) is 3.82. The lowest BCUT2D eigenvalue weighted by atomic mass is 9.95. The second-order valence-corrected chi connectivity index (χ2v) is 7.17. The minimum Gasteiger partial charge on any atom is -0.481 e. The molecule has 1 aromatic rings. The Morgan fingerprint density at radius 3 is 2.11 bits per heavy atom. The number of carboxylic acid groups (broad SMARTS) is 1. The van der Waals surface area contributed by atoms with Gasteiger partial charge in [0.1, 0.15) is 6.04 Å². The van der Waals surface area contributed by atoms with E-state index in [1.165, 1.54) is 32.7 Å². The van der Waals surface area contributed by atoms with Crippen molar-refractivity contribution in [3.63, 3.8) is 0 Å². The first-order valence-electron chi connectivity index (χ1n) is 10.3. The molecule has 0 heterocycles. The van der Waals surface area contributed by atoms with Gasteiger partial charge in [0.2, 0.25) is 11.8 Å². The second-order valence-electron chi connectivity index (χ2n) is 7.17. The van der Waals surface area contributed by atoms with Crippen LogP contribution in [-0.2, 0) is 14.4 Å². The highest BCUT2D eigenvalue weighted by Crippen LogP contribution is 2.19. The Bertz CT molecular complexity index is 604. The zero-order valence-corrected chi connectivity index (χ0v) is 17.1. The van der Waals surface area contributed by atoms with Crippen LogP contribution in [0.15, 0.2) is 30.3 Å². The first kappa shape index (κ1) is 23.7. The van der Waals surface area contributed by atoms with Gasteiger partial charge in [-0.3, -0.25) is 14.4 Å². The standard InChI is InChI=1S/C22H34N2O4/c1-3-4-5-6-7-8-10-15-18(16-19(25)26)21(27)24-20(22(28)23-2)17-13-11-9-12-14-17/h9,11-14,18,20H,3-8,10,15-16H2,1-2H3,(H,23,28)(H,24,27)(H,25,26)/t18-,20+/m1/s1. The maximum absolute atomic E-state index is 12.7. The molecular weight excluding hydrogens is 356 g/mol. The van der Waals surface area contributed by atoms with Crippen LogP contribution in [0, 0.1) is 5.92 Å². The zero-order chi connectivity index (χ0) is 20.8. The second kappa shape index (κ2) is 13.7. The van der Waals surface area contributed by atoms with Gasteiger partial charge in [0.05, 0.1) is 6.42 Å². The van der Waals surface area contributed by atoms with Crippen LogP contribution in [0.2, 0.25) is 0 Å². The van der Waals surface area contributed by atoms with Gasteiger partial charge in [-0.25, -0.2) is 0 Å². The normalized spacial score (nSPS) is 12.8. The first-order chi connectivity index (χ1) is 13.5. The van der Waals surface area contributed by atoms with Crippen LogP contribution in [0.25, 0.3) is 0 Å². The molecule has 0 fully saturated rings. The van der Waals surface area contributed by atoms with Crippen LogP contribution < -0.4 is 10.6 Å². The highest BCUT2D eigenvalue weighted by atomic mass is 16.4. The maximum Gasteiger partial charge on any atom is 0.304 e. The largest absolute Gasteiger partial charge is 0.481 e. The van der Waals surface area contributed by atoms with E-state index in [0.717, 1.165) is 19.3 Å². The van der Waals surface area contributed by atoms with Gasteiger partial charge in [0, 0.05) is 13.0 Å². The van der Waals surface area contributed by atoms with Gasteiger partial charge in [0.25, 0.3) is 0 Å². The van der Waals surface area contributed by atoms with E-state index >= 15 is 0 Å². The summed E-state index contributed by atoms with van der Waals surface area (Å²) in [5.41, 5.74) is 0.667. The average molecular weight is 391 g/mol. The van der Waals surface area contributed by atoms with E-state index in [0.29, 0.717) is 12.0 Å². The Hall–Kier alpha value is -2.37. The molecule has 0 radical (unpaired) electrons. The van der Waals surface area contributed by atoms with Gasteiger partial charge in [-0.05, 0) is 12.0 Å². The lowest BCUT2D eigenvalue weighted by molar-refractivity contribution is -0.141. The van der Waals surface area contributed by atoms with Gasteiger partial charge in [-0.1, -0.05) is 82.2 Å². The predicted molar refractivity (Wildman–Crippen MR) is 110 cm³/mol. The highest BCUT2D eigenvalue weighted by Gasteiger charge is 2.27. The fourth-order valence-corrected chi connectivity index (χ4v) is 3.23. The quantitative estimate of drug-likeness (QED) is 0.421. The van der Waals surface area contributed by atoms with Crippen LogP contribution in [0.3, 0.4) is 0 Å². The molecule has 1 rings (SSSR count). The summed E-state index contributed by atoms with van der Waals surface area (Å²) in [6, 6.07) is 8.13. The van der Waals surface area contributed by atoms with Gasteiger partial charge in [0.15, 0.2) is 0 Å². The minimum atomic E-state index is -1.00. The molecule has 0 bridgehead atoms. The van der Waals surface area contributed by atoms with Crippen LogP contribution in [-0.4, -0.2) is 29.9 Å². The lowest BCUT2D eigenvalue weighted by Gasteiger charge is -2.21. The molecule has 28 heavy (non-hydrogen) atoms. The van der Waals surface area contributed by atoms with Crippen LogP contribution >= 0.6 is 0 Å². The third kappa shape index (κ3) is 9.02. The van der Waals surface area contributed by atoms with Crippen molar-refractivity contribution in [3.8, 4) is 0 Å². The summed E-state index contributed by atoms with van der Waals surface area (Å²) in [6.45, 7) is 2.18. The zero-order valence-electron chi connectivity index (χ0n) is 17.1. The number of hydrogen-bond acceptors (Lipinski definition) is 3. The number of nitrogens with one attached hydrogen (secondary N) is 2. The van der Waals surface area contributed by atoms with E-state index < -0.39 is 17.9 Å². The summed E-state index contributed by atoms with van der Waals surface area (Å²) < 4.78 is 0. The monoisotopic (exact) mass is 390 g/mol. The van der Waals surface area contributed by atoms with Gasteiger partial charge < -0.3 is 15.7 Å². The SMILES string of the molecule is CCCCCCCCC[C@H](CC(=O)O)C(=O)N[C@H](C(=O)NC)c1ccccc1. The van der Waals surface area contributed by atoms with Crippen molar-refractivity contribution < 1.29 is 19.5 Å². The molecule has 1 aromatic carbocycles. The molecule has 156 valence electrons. The number of unbranched alkanes of at least 4 members (excludes halogenated alkanes) is 6. The smallest absolute Gasteiger partial charge is 0.304 e. The van der Waals surface area contributed by atoms with E-state index in [1.807, 2.05) is 6.07 Å². The fraction of sp³-hybridized carbons (Fsp3) is 0.591. The molecule has 3 N–H and O–H groups in total. The van der Waals surface area contributed by atoms with Gasteiger partial charge in [-0.2, -0.15) is 0 Å². The molecule has 0 aliphatic heterocycles. The molecule has 0 unspecified atom stereocenters. The number of aliphatic carboxylic acids is 1. The first-order valence-corrected chi connectivity index (χ1v) is 10.3. The van der Waals surface area contributed by atoms with Crippen LogP contribution in [0.4, 0.5) is 0 Å². The Balaban J connectivity index is 2.65. The summed E-state index contributed by atoms with van der Waals surface area (Å²) in [4.78, 5) is 36.2. The third-order valence-corrected chi connectivity index (χ3v) is 4.88. The number of likely N-dealkylation sites (N-methyl/N-ethyl adjacent to an activating group) is 1. The maximum atomic E-state index is 12.7. The van der Waals surface area contributed by atoms with Crippen molar-refractivity contribution in [2.24, 2.45) is 5.92 Å². The summed E-state index contributed by atoms with van der Waals surface area (Å²) in [7, 11) is 1.51. The van der Waals surface area contributed by atoms with E-state index in [2.05, 4.69) is 17.6 Å². The number of carboxylic acids is 1. The molecule has 0 saturated heterocycles. The highest BCUT2D eigenvalue weighted by molar-refractivity contribution is 5.90. The molecule has 6 nitrogen and oxygen atoms in total. The lowest BCUT2D eigenvalue weighted by Crippen LogP contribution is -2.42. The molecule has 2 amide bonds. The third-order valence-electron chi connectivity index (χ3n) is 4.88. The van der Waals surface area contributed by atoms with Crippen molar-refractivity contribution in [3.05, 3.63) is 35.9 Å². The van der Waals surface area contributed by atoms with E-state index in [-0.39, 0.29) is 18.2 Å². The Morgan fingerprint density at radius 2 is 1.54 bits per heavy atom. The fourth-order valence-electron chi connectivity index (χ4n) is 3.23. The minimum absolute atomic E-state index is 0.225.